The summed E-state index contributed by atoms with van der Waals surface area (Å²) in [4.78, 5) is 26.0. The molecule has 1 aliphatic rings. The largest absolute Gasteiger partial charge is 0.340 e. The van der Waals surface area contributed by atoms with Crippen LogP contribution in [-0.4, -0.2) is 55.5 Å². The van der Waals surface area contributed by atoms with Gasteiger partial charge in [-0.15, -0.1) is 0 Å². The van der Waals surface area contributed by atoms with Crippen molar-refractivity contribution in [2.75, 3.05) is 26.2 Å². The number of hydrogen-bond acceptors (Lipinski definition) is 4. The molecular weight excluding hydrogens is 412 g/mol. The number of Topliss-reactive ketones (excluding diaryl/α,β-unsaturated/α-hetero) is 1. The minimum absolute atomic E-state index is 0.00172. The molecule has 0 saturated carbocycles. The highest BCUT2D eigenvalue weighted by Crippen LogP contribution is 2.20. The van der Waals surface area contributed by atoms with Crippen molar-refractivity contribution in [3.8, 4) is 0 Å². The third-order valence-electron chi connectivity index (χ3n) is 5.66. The maximum atomic E-state index is 12.9. The van der Waals surface area contributed by atoms with E-state index in [2.05, 4.69) is 0 Å². The molecule has 7 heteroatoms. The second-order valence-electron chi connectivity index (χ2n) is 7.72. The summed E-state index contributed by atoms with van der Waals surface area (Å²) in [7, 11) is -3.65. The Morgan fingerprint density at radius 2 is 1.48 bits per heavy atom. The van der Waals surface area contributed by atoms with Gasteiger partial charge in [0.1, 0.15) is 0 Å². The number of benzene rings is 3. The summed E-state index contributed by atoms with van der Waals surface area (Å²) in [6.45, 7) is 2.66. The molecule has 31 heavy (non-hydrogen) atoms. The predicted molar refractivity (Wildman–Crippen MR) is 119 cm³/mol. The van der Waals surface area contributed by atoms with E-state index in [0.717, 1.165) is 16.3 Å². The number of nitrogens with zero attached hydrogens (tertiary/aromatic N) is 2. The molecule has 0 spiro atoms. The summed E-state index contributed by atoms with van der Waals surface area (Å²) in [6.07, 6.45) is 0.296. The van der Waals surface area contributed by atoms with Crippen LogP contribution in [0, 0.1) is 0 Å². The molecule has 0 unspecified atom stereocenters. The molecule has 1 heterocycles. The van der Waals surface area contributed by atoms with E-state index in [4.69, 9.17) is 0 Å². The zero-order valence-electron chi connectivity index (χ0n) is 17.3. The second-order valence-corrected chi connectivity index (χ2v) is 9.66. The van der Waals surface area contributed by atoms with E-state index in [9.17, 15) is 18.0 Å². The maximum absolute atomic E-state index is 12.9. The van der Waals surface area contributed by atoms with Crippen molar-refractivity contribution in [3.05, 3.63) is 77.9 Å². The fraction of sp³-hybridized carbons (Fsp3) is 0.250. The van der Waals surface area contributed by atoms with Crippen molar-refractivity contribution in [1.82, 2.24) is 9.21 Å². The molecule has 1 amide bonds. The minimum atomic E-state index is -3.65. The lowest BCUT2D eigenvalue weighted by atomic mass is 10.0. The summed E-state index contributed by atoms with van der Waals surface area (Å²) in [6, 6.07) is 20.0. The predicted octanol–water partition coefficient (Wildman–Crippen LogP) is 3.12. The van der Waals surface area contributed by atoms with Crippen LogP contribution in [0.1, 0.15) is 22.8 Å². The number of sulfonamides is 1. The van der Waals surface area contributed by atoms with E-state index < -0.39 is 10.0 Å². The Balaban J connectivity index is 1.39. The number of ketones is 1. The summed E-state index contributed by atoms with van der Waals surface area (Å²) in [5.41, 5.74) is 1.42. The zero-order valence-corrected chi connectivity index (χ0v) is 18.1. The Morgan fingerprint density at radius 1 is 0.839 bits per heavy atom. The van der Waals surface area contributed by atoms with Gasteiger partial charge in [-0.3, -0.25) is 9.59 Å². The molecule has 160 valence electrons. The van der Waals surface area contributed by atoms with E-state index in [0.29, 0.717) is 25.1 Å². The van der Waals surface area contributed by atoms with Gasteiger partial charge in [0, 0.05) is 31.7 Å². The highest BCUT2D eigenvalue weighted by atomic mass is 32.2. The lowest BCUT2D eigenvalue weighted by Gasteiger charge is -2.34. The first kappa shape index (κ1) is 21.2. The van der Waals surface area contributed by atoms with Crippen LogP contribution >= 0.6 is 0 Å². The van der Waals surface area contributed by atoms with Crippen LogP contribution in [0.2, 0.25) is 0 Å². The lowest BCUT2D eigenvalue weighted by Crippen LogP contribution is -2.50. The third kappa shape index (κ3) is 4.52. The van der Waals surface area contributed by atoms with Gasteiger partial charge in [0.15, 0.2) is 5.78 Å². The van der Waals surface area contributed by atoms with Gasteiger partial charge in [-0.1, -0.05) is 54.6 Å². The molecule has 3 aromatic carbocycles. The van der Waals surface area contributed by atoms with Crippen LogP contribution < -0.4 is 0 Å². The molecule has 0 bridgehead atoms. The van der Waals surface area contributed by atoms with Crippen LogP contribution in [0.5, 0.6) is 0 Å². The molecular formula is C24H24N2O4S. The standard InChI is InChI=1S/C24H24N2O4S/c1-18(27)20-8-10-23(11-9-20)31(29,30)26-14-12-25(13-15-26)24(28)17-19-6-7-21-4-2-3-5-22(21)16-19/h2-11,16H,12-15,17H2,1H3. The molecule has 0 atom stereocenters. The monoisotopic (exact) mass is 436 g/mol. The summed E-state index contributed by atoms with van der Waals surface area (Å²) < 4.78 is 27.2. The first-order valence-corrected chi connectivity index (χ1v) is 11.7. The zero-order chi connectivity index (χ0) is 22.0. The van der Waals surface area contributed by atoms with Crippen LogP contribution in [-0.2, 0) is 21.2 Å². The lowest BCUT2D eigenvalue weighted by molar-refractivity contribution is -0.131. The van der Waals surface area contributed by atoms with Crippen LogP contribution in [0.15, 0.2) is 71.6 Å². The Morgan fingerprint density at radius 3 is 2.13 bits per heavy atom. The maximum Gasteiger partial charge on any atom is 0.243 e. The van der Waals surface area contributed by atoms with Gasteiger partial charge < -0.3 is 4.90 Å². The normalized spacial score (nSPS) is 15.2. The quantitative estimate of drug-likeness (QED) is 0.576. The second kappa shape index (κ2) is 8.61. The van der Waals surface area contributed by atoms with Crippen molar-refractivity contribution < 1.29 is 18.0 Å². The number of carbonyl (C=O) groups excluding carboxylic acids is 2. The van der Waals surface area contributed by atoms with Gasteiger partial charge in [0.05, 0.1) is 11.3 Å². The van der Waals surface area contributed by atoms with Crippen molar-refractivity contribution in [2.24, 2.45) is 0 Å². The average molecular weight is 437 g/mol. The van der Waals surface area contributed by atoms with Gasteiger partial charge in [-0.25, -0.2) is 8.42 Å². The number of amides is 1. The molecule has 1 saturated heterocycles. The Hall–Kier alpha value is -3.03. The first-order valence-electron chi connectivity index (χ1n) is 10.2. The number of piperazine rings is 1. The highest BCUT2D eigenvalue weighted by molar-refractivity contribution is 7.89. The van der Waals surface area contributed by atoms with Crippen molar-refractivity contribution in [1.29, 1.82) is 0 Å². The molecule has 0 radical (unpaired) electrons. The third-order valence-corrected chi connectivity index (χ3v) is 7.57. The van der Waals surface area contributed by atoms with E-state index >= 15 is 0 Å². The van der Waals surface area contributed by atoms with Crippen molar-refractivity contribution in [2.45, 2.75) is 18.2 Å². The molecule has 1 fully saturated rings. The van der Waals surface area contributed by atoms with Crippen molar-refractivity contribution in [3.63, 3.8) is 0 Å². The summed E-state index contributed by atoms with van der Waals surface area (Å²) in [5, 5.41) is 2.23. The Bertz CT molecular complexity index is 1230. The van der Waals surface area contributed by atoms with Crippen LogP contribution in [0.25, 0.3) is 10.8 Å². The number of fused-ring (bicyclic) bond motifs is 1. The fourth-order valence-electron chi connectivity index (χ4n) is 3.82. The van der Waals surface area contributed by atoms with Crippen LogP contribution in [0.3, 0.4) is 0 Å². The van der Waals surface area contributed by atoms with E-state index in [1.165, 1.54) is 35.5 Å². The van der Waals surface area contributed by atoms with E-state index in [1.54, 1.807) is 4.90 Å². The number of carbonyl (C=O) groups is 2. The SMILES string of the molecule is CC(=O)c1ccc(S(=O)(=O)N2CCN(C(=O)Cc3ccc4ccccc4c3)CC2)cc1. The smallest absolute Gasteiger partial charge is 0.243 e. The van der Waals surface area contributed by atoms with Gasteiger partial charge in [-0.05, 0) is 35.4 Å². The Labute approximate surface area is 182 Å². The summed E-state index contributed by atoms with van der Waals surface area (Å²) in [5.74, 6) is -0.111. The molecule has 4 rings (SSSR count). The van der Waals surface area contributed by atoms with Gasteiger partial charge in [0.25, 0.3) is 0 Å². The summed E-state index contributed by atoms with van der Waals surface area (Å²) >= 11 is 0. The minimum Gasteiger partial charge on any atom is -0.340 e. The molecule has 0 N–H and O–H groups in total. The topological polar surface area (TPSA) is 74.8 Å². The van der Waals surface area contributed by atoms with E-state index in [1.807, 2.05) is 42.5 Å². The molecule has 0 aromatic heterocycles. The van der Waals surface area contributed by atoms with Gasteiger partial charge >= 0.3 is 0 Å². The molecule has 6 nitrogen and oxygen atoms in total. The fourth-order valence-corrected chi connectivity index (χ4v) is 5.25. The molecule has 0 aliphatic carbocycles. The van der Waals surface area contributed by atoms with E-state index in [-0.39, 0.29) is 29.7 Å². The Kier molecular flexibility index (Phi) is 5.89. The first-order chi connectivity index (χ1) is 14.8. The number of hydrogen-bond donors (Lipinski definition) is 0. The number of rotatable bonds is 5. The van der Waals surface area contributed by atoms with Crippen LogP contribution in [0.4, 0.5) is 0 Å². The van der Waals surface area contributed by atoms with Gasteiger partial charge in [-0.2, -0.15) is 4.31 Å². The average Bonchev–Trinajstić information content (AvgIpc) is 2.79. The highest BCUT2D eigenvalue weighted by Gasteiger charge is 2.30. The van der Waals surface area contributed by atoms with Gasteiger partial charge in [0.2, 0.25) is 15.9 Å². The van der Waals surface area contributed by atoms with Crippen molar-refractivity contribution >= 4 is 32.5 Å². The molecule has 1 aliphatic heterocycles. The molecule has 3 aromatic rings.